The molecule has 0 unspecified atom stereocenters. The van der Waals surface area contributed by atoms with Crippen LogP contribution in [0.25, 0.3) is 0 Å². The second-order valence-electron chi connectivity index (χ2n) is 5.30. The van der Waals surface area contributed by atoms with Crippen LogP contribution in [0.4, 0.5) is 0 Å². The SMILES string of the molecule is C[C@@H]1CCCC[C@H]1NC(=O)COc1ccc(Br)cc1Cl. The molecule has 1 aromatic rings. The highest BCUT2D eigenvalue weighted by Crippen LogP contribution is 2.28. The molecule has 110 valence electrons. The quantitative estimate of drug-likeness (QED) is 0.875. The first-order valence-corrected chi connectivity index (χ1v) is 8.10. The predicted molar refractivity (Wildman–Crippen MR) is 84.2 cm³/mol. The van der Waals surface area contributed by atoms with Crippen LogP contribution in [0.2, 0.25) is 5.02 Å². The van der Waals surface area contributed by atoms with Crippen molar-refractivity contribution in [3.05, 3.63) is 27.7 Å². The van der Waals surface area contributed by atoms with Crippen LogP contribution in [0, 0.1) is 5.92 Å². The molecular weight excluding hydrogens is 342 g/mol. The number of carbonyl (C=O) groups excluding carboxylic acids is 1. The highest BCUT2D eigenvalue weighted by Gasteiger charge is 2.22. The lowest BCUT2D eigenvalue weighted by molar-refractivity contribution is -0.124. The summed E-state index contributed by atoms with van der Waals surface area (Å²) in [5, 5.41) is 3.55. The zero-order valence-electron chi connectivity index (χ0n) is 11.5. The minimum absolute atomic E-state index is 0.00454. The van der Waals surface area contributed by atoms with E-state index in [0.29, 0.717) is 16.7 Å². The predicted octanol–water partition coefficient (Wildman–Crippen LogP) is 4.18. The summed E-state index contributed by atoms with van der Waals surface area (Å²) in [4.78, 5) is 11.9. The maximum atomic E-state index is 11.9. The van der Waals surface area contributed by atoms with Gasteiger partial charge in [-0.3, -0.25) is 4.79 Å². The van der Waals surface area contributed by atoms with Crippen molar-refractivity contribution in [1.82, 2.24) is 5.32 Å². The maximum Gasteiger partial charge on any atom is 0.258 e. The Labute approximate surface area is 133 Å². The second-order valence-corrected chi connectivity index (χ2v) is 6.62. The molecule has 3 nitrogen and oxygen atoms in total. The van der Waals surface area contributed by atoms with Gasteiger partial charge in [-0.25, -0.2) is 0 Å². The third kappa shape index (κ3) is 4.38. The van der Waals surface area contributed by atoms with E-state index in [0.717, 1.165) is 10.9 Å². The molecule has 1 N–H and O–H groups in total. The molecule has 5 heteroatoms. The monoisotopic (exact) mass is 359 g/mol. The number of halogens is 2. The Hall–Kier alpha value is -0.740. The Kier molecular flexibility index (Phi) is 5.73. The van der Waals surface area contributed by atoms with Crippen molar-refractivity contribution in [2.75, 3.05) is 6.61 Å². The standard InChI is InChI=1S/C15H19BrClNO2/c1-10-4-2-3-5-13(10)18-15(19)9-20-14-7-6-11(16)8-12(14)17/h6-8,10,13H,2-5,9H2,1H3,(H,18,19)/t10-,13-/m1/s1. The molecule has 0 aliphatic heterocycles. The molecule has 2 atom stereocenters. The molecule has 1 aliphatic rings. The first-order chi connectivity index (χ1) is 9.56. The van der Waals surface area contributed by atoms with E-state index >= 15 is 0 Å². The van der Waals surface area contributed by atoms with Gasteiger partial charge in [0.2, 0.25) is 0 Å². The van der Waals surface area contributed by atoms with Gasteiger partial charge in [-0.05, 0) is 37.0 Å². The second kappa shape index (κ2) is 7.32. The van der Waals surface area contributed by atoms with Gasteiger partial charge in [0.05, 0.1) is 5.02 Å². The Morgan fingerprint density at radius 3 is 2.90 bits per heavy atom. The van der Waals surface area contributed by atoms with E-state index in [1.807, 2.05) is 6.07 Å². The Morgan fingerprint density at radius 2 is 2.20 bits per heavy atom. The van der Waals surface area contributed by atoms with E-state index in [4.69, 9.17) is 16.3 Å². The minimum atomic E-state index is -0.0808. The number of rotatable bonds is 4. The lowest BCUT2D eigenvalue weighted by Crippen LogP contribution is -2.43. The van der Waals surface area contributed by atoms with Crippen molar-refractivity contribution in [2.24, 2.45) is 5.92 Å². The summed E-state index contributed by atoms with van der Waals surface area (Å²) in [7, 11) is 0. The molecule has 1 saturated carbocycles. The van der Waals surface area contributed by atoms with Crippen LogP contribution in [0.1, 0.15) is 32.6 Å². The fraction of sp³-hybridized carbons (Fsp3) is 0.533. The molecule has 0 spiro atoms. The van der Waals surface area contributed by atoms with E-state index in [2.05, 4.69) is 28.2 Å². The molecule has 0 saturated heterocycles. The lowest BCUT2D eigenvalue weighted by atomic mass is 9.86. The van der Waals surface area contributed by atoms with Gasteiger partial charge in [0.15, 0.2) is 6.61 Å². The largest absolute Gasteiger partial charge is 0.482 e. The van der Waals surface area contributed by atoms with Crippen molar-refractivity contribution in [2.45, 2.75) is 38.6 Å². The topological polar surface area (TPSA) is 38.3 Å². The normalized spacial score (nSPS) is 22.4. The molecule has 0 bridgehead atoms. The van der Waals surface area contributed by atoms with Crippen molar-refractivity contribution in [3.8, 4) is 5.75 Å². The van der Waals surface area contributed by atoms with E-state index in [1.165, 1.54) is 19.3 Å². The number of nitrogens with one attached hydrogen (secondary N) is 1. The minimum Gasteiger partial charge on any atom is -0.482 e. The van der Waals surface area contributed by atoms with Gasteiger partial charge in [-0.2, -0.15) is 0 Å². The number of ether oxygens (including phenoxy) is 1. The van der Waals surface area contributed by atoms with E-state index in [1.54, 1.807) is 12.1 Å². The van der Waals surface area contributed by atoms with Crippen LogP contribution in [-0.4, -0.2) is 18.6 Å². The van der Waals surface area contributed by atoms with Crippen LogP contribution in [0.5, 0.6) is 5.75 Å². The average molecular weight is 361 g/mol. The Bertz CT molecular complexity index is 481. The van der Waals surface area contributed by atoms with E-state index in [9.17, 15) is 4.79 Å². The number of benzene rings is 1. The molecule has 1 amide bonds. The third-order valence-electron chi connectivity index (χ3n) is 3.71. The van der Waals surface area contributed by atoms with Gasteiger partial charge < -0.3 is 10.1 Å². The summed E-state index contributed by atoms with van der Waals surface area (Å²) in [6.07, 6.45) is 4.70. The lowest BCUT2D eigenvalue weighted by Gasteiger charge is -2.29. The van der Waals surface area contributed by atoms with Crippen molar-refractivity contribution in [1.29, 1.82) is 0 Å². The third-order valence-corrected chi connectivity index (χ3v) is 4.50. The summed E-state index contributed by atoms with van der Waals surface area (Å²) < 4.78 is 6.35. The Morgan fingerprint density at radius 1 is 1.45 bits per heavy atom. The smallest absolute Gasteiger partial charge is 0.258 e. The number of hydrogen-bond acceptors (Lipinski definition) is 2. The molecule has 1 aromatic carbocycles. The molecule has 1 fully saturated rings. The zero-order valence-corrected chi connectivity index (χ0v) is 13.8. The van der Waals surface area contributed by atoms with Crippen molar-refractivity contribution >= 4 is 33.4 Å². The fourth-order valence-electron chi connectivity index (χ4n) is 2.51. The highest BCUT2D eigenvalue weighted by atomic mass is 79.9. The van der Waals surface area contributed by atoms with Gasteiger partial charge in [0.1, 0.15) is 5.75 Å². The highest BCUT2D eigenvalue weighted by molar-refractivity contribution is 9.10. The summed E-state index contributed by atoms with van der Waals surface area (Å²) in [6, 6.07) is 5.61. The van der Waals surface area contributed by atoms with Crippen LogP contribution >= 0.6 is 27.5 Å². The van der Waals surface area contributed by atoms with E-state index < -0.39 is 0 Å². The number of carbonyl (C=O) groups is 1. The summed E-state index contributed by atoms with van der Waals surface area (Å²) in [5.41, 5.74) is 0. The van der Waals surface area contributed by atoms with Gasteiger partial charge in [0.25, 0.3) is 5.91 Å². The van der Waals surface area contributed by atoms with Crippen LogP contribution in [-0.2, 0) is 4.79 Å². The molecule has 20 heavy (non-hydrogen) atoms. The van der Waals surface area contributed by atoms with Crippen LogP contribution in [0.15, 0.2) is 22.7 Å². The van der Waals surface area contributed by atoms with E-state index in [-0.39, 0.29) is 18.6 Å². The van der Waals surface area contributed by atoms with Gasteiger partial charge in [-0.15, -0.1) is 0 Å². The molecule has 0 radical (unpaired) electrons. The zero-order chi connectivity index (χ0) is 14.5. The van der Waals surface area contributed by atoms with Crippen LogP contribution in [0.3, 0.4) is 0 Å². The van der Waals surface area contributed by atoms with Gasteiger partial charge in [0, 0.05) is 10.5 Å². The molecule has 0 aromatic heterocycles. The average Bonchev–Trinajstić information content (AvgIpc) is 2.40. The molecule has 0 heterocycles. The van der Waals surface area contributed by atoms with Crippen molar-refractivity contribution < 1.29 is 9.53 Å². The van der Waals surface area contributed by atoms with Gasteiger partial charge >= 0.3 is 0 Å². The first kappa shape index (κ1) is 15.6. The summed E-state index contributed by atoms with van der Waals surface area (Å²) >= 11 is 9.37. The number of hydrogen-bond donors (Lipinski definition) is 1. The fourth-order valence-corrected chi connectivity index (χ4v) is 3.24. The van der Waals surface area contributed by atoms with Gasteiger partial charge in [-0.1, -0.05) is 47.3 Å². The summed E-state index contributed by atoms with van der Waals surface area (Å²) in [5.74, 6) is 0.994. The number of amides is 1. The molecule has 1 aliphatic carbocycles. The molecule has 2 rings (SSSR count). The Balaban J connectivity index is 1.82. The molecular formula is C15H19BrClNO2. The summed E-state index contributed by atoms with van der Waals surface area (Å²) in [6.45, 7) is 2.20. The van der Waals surface area contributed by atoms with Crippen molar-refractivity contribution in [3.63, 3.8) is 0 Å². The maximum absolute atomic E-state index is 11.9. The first-order valence-electron chi connectivity index (χ1n) is 6.93. The van der Waals surface area contributed by atoms with Crippen LogP contribution < -0.4 is 10.1 Å².